The number of hydrogen-bond acceptors (Lipinski definition) is 4. The van der Waals surface area contributed by atoms with Crippen LogP contribution in [0.4, 0.5) is 0 Å². The van der Waals surface area contributed by atoms with Crippen molar-refractivity contribution in [1.82, 2.24) is 15.3 Å². The Labute approximate surface area is 99.3 Å². The predicted molar refractivity (Wildman–Crippen MR) is 63.2 cm³/mol. The zero-order valence-corrected chi connectivity index (χ0v) is 9.47. The number of aromatic nitrogens is 2. The van der Waals surface area contributed by atoms with Crippen molar-refractivity contribution in [2.24, 2.45) is 0 Å². The molecule has 17 heavy (non-hydrogen) atoms. The number of thiophene rings is 1. The van der Waals surface area contributed by atoms with Gasteiger partial charge in [0, 0.05) is 23.7 Å². The molecule has 0 aliphatic carbocycles. The number of nitrogens with one attached hydrogen (secondary N) is 3. The van der Waals surface area contributed by atoms with E-state index >= 15 is 0 Å². The molecule has 0 aliphatic heterocycles. The summed E-state index contributed by atoms with van der Waals surface area (Å²) in [6, 6.07) is 1.69. The van der Waals surface area contributed by atoms with Crippen LogP contribution in [-0.4, -0.2) is 15.9 Å². The van der Waals surface area contributed by atoms with E-state index in [-0.39, 0.29) is 12.5 Å². The van der Waals surface area contributed by atoms with Crippen LogP contribution >= 0.6 is 11.3 Å². The van der Waals surface area contributed by atoms with E-state index in [0.29, 0.717) is 11.1 Å². The molecule has 2 rings (SSSR count). The average Bonchev–Trinajstić information content (AvgIpc) is 2.81. The summed E-state index contributed by atoms with van der Waals surface area (Å²) in [6.45, 7) is 0.0702. The maximum absolute atomic E-state index is 11.6. The molecular weight excluding hydrogens is 242 g/mol. The monoisotopic (exact) mass is 251 g/mol. The first-order chi connectivity index (χ1) is 8.16. The molecule has 0 bridgehead atoms. The summed E-state index contributed by atoms with van der Waals surface area (Å²) < 4.78 is 0. The molecule has 1 amide bonds. The minimum absolute atomic E-state index is 0.0702. The first-order valence-corrected chi connectivity index (χ1v) is 5.72. The van der Waals surface area contributed by atoms with Crippen LogP contribution in [-0.2, 0) is 6.54 Å². The summed E-state index contributed by atoms with van der Waals surface area (Å²) in [5, 5.41) is 6.10. The van der Waals surface area contributed by atoms with E-state index in [9.17, 15) is 14.4 Å². The number of aromatic amines is 2. The first-order valence-electron chi connectivity index (χ1n) is 4.78. The molecule has 0 saturated carbocycles. The van der Waals surface area contributed by atoms with Crippen LogP contribution in [0.3, 0.4) is 0 Å². The minimum atomic E-state index is -0.567. The van der Waals surface area contributed by atoms with Gasteiger partial charge in [0.2, 0.25) is 0 Å². The van der Waals surface area contributed by atoms with Gasteiger partial charge in [-0.1, -0.05) is 0 Å². The Kier molecular flexibility index (Phi) is 3.20. The summed E-state index contributed by atoms with van der Waals surface area (Å²) >= 11 is 1.42. The first kappa shape index (κ1) is 11.3. The van der Waals surface area contributed by atoms with Gasteiger partial charge < -0.3 is 10.3 Å². The van der Waals surface area contributed by atoms with E-state index < -0.39 is 11.2 Å². The molecule has 88 valence electrons. The summed E-state index contributed by atoms with van der Waals surface area (Å²) in [7, 11) is 0. The standard InChI is InChI=1S/C10H9N3O3S/c14-8(6-1-2-17-5-6)11-3-7-4-12-10(16)13-9(7)15/h1-2,4-5H,3H2,(H,11,14)(H2,12,13,15,16). The lowest BCUT2D eigenvalue weighted by molar-refractivity contribution is 0.0951. The lowest BCUT2D eigenvalue weighted by Crippen LogP contribution is -2.30. The molecule has 0 fully saturated rings. The minimum Gasteiger partial charge on any atom is -0.348 e. The summed E-state index contributed by atoms with van der Waals surface area (Å²) in [6.07, 6.45) is 1.29. The normalized spacial score (nSPS) is 10.1. The van der Waals surface area contributed by atoms with E-state index in [1.807, 2.05) is 0 Å². The largest absolute Gasteiger partial charge is 0.348 e. The smallest absolute Gasteiger partial charge is 0.325 e. The van der Waals surface area contributed by atoms with Gasteiger partial charge in [-0.25, -0.2) is 4.79 Å². The third-order valence-electron chi connectivity index (χ3n) is 2.12. The molecule has 2 aromatic rings. The number of hydrogen-bond donors (Lipinski definition) is 3. The van der Waals surface area contributed by atoms with E-state index in [1.54, 1.807) is 16.8 Å². The van der Waals surface area contributed by atoms with Crippen LogP contribution in [0.5, 0.6) is 0 Å². The van der Waals surface area contributed by atoms with Crippen molar-refractivity contribution in [3.63, 3.8) is 0 Å². The van der Waals surface area contributed by atoms with Gasteiger partial charge in [0.25, 0.3) is 11.5 Å². The van der Waals surface area contributed by atoms with Gasteiger partial charge in [0.05, 0.1) is 5.56 Å². The van der Waals surface area contributed by atoms with Gasteiger partial charge in [-0.15, -0.1) is 0 Å². The van der Waals surface area contributed by atoms with Crippen LogP contribution in [0.25, 0.3) is 0 Å². The molecule has 7 heteroatoms. The molecule has 0 aliphatic rings. The van der Waals surface area contributed by atoms with E-state index in [4.69, 9.17) is 0 Å². The molecule has 0 saturated heterocycles. The summed E-state index contributed by atoms with van der Waals surface area (Å²) in [5.41, 5.74) is -0.216. The van der Waals surface area contributed by atoms with Crippen molar-refractivity contribution in [3.8, 4) is 0 Å². The quantitative estimate of drug-likeness (QED) is 0.719. The van der Waals surface area contributed by atoms with Crippen molar-refractivity contribution in [2.75, 3.05) is 0 Å². The Bertz CT molecular complexity index is 627. The highest BCUT2D eigenvalue weighted by molar-refractivity contribution is 7.08. The fourth-order valence-corrected chi connectivity index (χ4v) is 1.88. The number of H-pyrrole nitrogens is 2. The van der Waals surface area contributed by atoms with E-state index in [2.05, 4.69) is 15.3 Å². The summed E-state index contributed by atoms with van der Waals surface area (Å²) in [5.74, 6) is -0.253. The van der Waals surface area contributed by atoms with Gasteiger partial charge in [0.1, 0.15) is 0 Å². The molecule has 0 radical (unpaired) electrons. The molecule has 6 nitrogen and oxygen atoms in total. The highest BCUT2D eigenvalue weighted by Crippen LogP contribution is 2.05. The number of rotatable bonds is 3. The average molecular weight is 251 g/mol. The third-order valence-corrected chi connectivity index (χ3v) is 2.80. The Balaban J connectivity index is 2.06. The molecule has 2 aromatic heterocycles. The predicted octanol–water partition coefficient (Wildman–Crippen LogP) is 0.0547. The second-order valence-corrected chi connectivity index (χ2v) is 4.07. The highest BCUT2D eigenvalue weighted by Gasteiger charge is 2.06. The highest BCUT2D eigenvalue weighted by atomic mass is 32.1. The number of carbonyl (C=O) groups excluding carboxylic acids is 1. The van der Waals surface area contributed by atoms with Crippen molar-refractivity contribution in [1.29, 1.82) is 0 Å². The fourth-order valence-electron chi connectivity index (χ4n) is 1.24. The number of amides is 1. The van der Waals surface area contributed by atoms with E-state index in [1.165, 1.54) is 17.5 Å². The van der Waals surface area contributed by atoms with Crippen molar-refractivity contribution >= 4 is 17.2 Å². The fraction of sp³-hybridized carbons (Fsp3) is 0.100. The van der Waals surface area contributed by atoms with Gasteiger partial charge >= 0.3 is 5.69 Å². The summed E-state index contributed by atoms with van der Waals surface area (Å²) in [4.78, 5) is 38.1. The van der Waals surface area contributed by atoms with Crippen LogP contribution in [0.15, 0.2) is 32.6 Å². The molecule has 3 N–H and O–H groups in total. The topological polar surface area (TPSA) is 94.8 Å². The van der Waals surface area contributed by atoms with Crippen LogP contribution < -0.4 is 16.6 Å². The molecular formula is C10H9N3O3S. The Morgan fingerprint density at radius 2 is 2.24 bits per heavy atom. The van der Waals surface area contributed by atoms with Crippen molar-refractivity contribution in [3.05, 3.63) is 55.0 Å². The van der Waals surface area contributed by atoms with Crippen LogP contribution in [0, 0.1) is 0 Å². The maximum atomic E-state index is 11.6. The Morgan fingerprint density at radius 1 is 1.41 bits per heavy atom. The zero-order valence-electron chi connectivity index (χ0n) is 8.65. The molecule has 0 aromatic carbocycles. The van der Waals surface area contributed by atoms with Gasteiger partial charge in [-0.2, -0.15) is 11.3 Å². The maximum Gasteiger partial charge on any atom is 0.325 e. The van der Waals surface area contributed by atoms with Crippen LogP contribution in [0.2, 0.25) is 0 Å². The second-order valence-electron chi connectivity index (χ2n) is 3.29. The SMILES string of the molecule is O=C(NCc1c[nH]c(=O)[nH]c1=O)c1ccsc1. The number of carbonyl (C=O) groups is 1. The lowest BCUT2D eigenvalue weighted by atomic mass is 10.3. The Morgan fingerprint density at radius 3 is 2.88 bits per heavy atom. The van der Waals surface area contributed by atoms with Crippen molar-refractivity contribution in [2.45, 2.75) is 6.54 Å². The van der Waals surface area contributed by atoms with Crippen LogP contribution in [0.1, 0.15) is 15.9 Å². The van der Waals surface area contributed by atoms with E-state index in [0.717, 1.165) is 0 Å². The molecule has 0 atom stereocenters. The molecule has 2 heterocycles. The third kappa shape index (κ3) is 2.70. The molecule has 0 unspecified atom stereocenters. The van der Waals surface area contributed by atoms with Gasteiger partial charge in [-0.3, -0.25) is 14.6 Å². The lowest BCUT2D eigenvalue weighted by Gasteiger charge is -2.02. The second kappa shape index (κ2) is 4.79. The van der Waals surface area contributed by atoms with Gasteiger partial charge in [0.15, 0.2) is 0 Å². The molecule has 0 spiro atoms. The Hall–Kier alpha value is -2.15. The van der Waals surface area contributed by atoms with Gasteiger partial charge in [-0.05, 0) is 11.4 Å². The van der Waals surface area contributed by atoms with Crippen molar-refractivity contribution < 1.29 is 4.79 Å². The zero-order chi connectivity index (χ0) is 12.3.